The predicted molar refractivity (Wildman–Crippen MR) is 68.1 cm³/mol. The van der Waals surface area contributed by atoms with Crippen molar-refractivity contribution < 1.29 is 0 Å². The van der Waals surface area contributed by atoms with E-state index in [0.29, 0.717) is 16.1 Å². The van der Waals surface area contributed by atoms with Crippen LogP contribution in [0.3, 0.4) is 0 Å². The Bertz CT molecular complexity index is 306. The Hall–Kier alpha value is -0.440. The summed E-state index contributed by atoms with van der Waals surface area (Å²) in [5.74, 6) is 0. The van der Waals surface area contributed by atoms with Crippen molar-refractivity contribution in [3.63, 3.8) is 0 Å². The van der Waals surface area contributed by atoms with Crippen LogP contribution < -0.4 is 5.32 Å². The highest BCUT2D eigenvalue weighted by molar-refractivity contribution is 6.39. The van der Waals surface area contributed by atoms with Gasteiger partial charge in [0.25, 0.3) is 0 Å². The summed E-state index contributed by atoms with van der Waals surface area (Å²) in [4.78, 5) is 2.11. The summed E-state index contributed by atoms with van der Waals surface area (Å²) in [6.45, 7) is 3.03. The van der Waals surface area contributed by atoms with E-state index in [0.717, 1.165) is 12.2 Å². The highest BCUT2D eigenvalue weighted by atomic mass is 35.5. The molecule has 0 amide bonds. The summed E-state index contributed by atoms with van der Waals surface area (Å²) in [6.07, 6.45) is 0. The van der Waals surface area contributed by atoms with Crippen molar-refractivity contribution in [2.45, 2.75) is 13.0 Å². The van der Waals surface area contributed by atoms with Gasteiger partial charge in [0, 0.05) is 12.6 Å². The van der Waals surface area contributed by atoms with Crippen LogP contribution in [-0.4, -0.2) is 31.6 Å². The van der Waals surface area contributed by atoms with Gasteiger partial charge in [0.05, 0.1) is 15.7 Å². The lowest BCUT2D eigenvalue weighted by atomic mass is 10.2. The van der Waals surface area contributed by atoms with Gasteiger partial charge in [0.15, 0.2) is 0 Å². The second kappa shape index (κ2) is 5.59. The van der Waals surface area contributed by atoms with E-state index in [1.165, 1.54) is 0 Å². The second-order valence-electron chi connectivity index (χ2n) is 3.90. The molecule has 84 valence electrons. The van der Waals surface area contributed by atoms with E-state index >= 15 is 0 Å². The first-order valence-corrected chi connectivity index (χ1v) is 5.61. The van der Waals surface area contributed by atoms with Gasteiger partial charge in [-0.05, 0) is 33.2 Å². The molecule has 0 saturated carbocycles. The lowest BCUT2D eigenvalue weighted by Crippen LogP contribution is -2.29. The standard InChI is InChI=1S/C11H16Cl2N2/c1-8(7-15(2)3)14-11-9(12)5-4-6-10(11)13/h4-6,8,14H,7H2,1-3H3. The number of hydrogen-bond acceptors (Lipinski definition) is 2. The Balaban J connectivity index is 2.71. The Labute approximate surface area is 101 Å². The molecule has 0 heterocycles. The van der Waals surface area contributed by atoms with E-state index in [2.05, 4.69) is 17.1 Å². The maximum Gasteiger partial charge on any atom is 0.0721 e. The maximum absolute atomic E-state index is 6.05. The second-order valence-corrected chi connectivity index (χ2v) is 4.72. The molecular formula is C11H16Cl2N2. The Morgan fingerprint density at radius 3 is 2.27 bits per heavy atom. The monoisotopic (exact) mass is 246 g/mol. The fourth-order valence-corrected chi connectivity index (χ4v) is 1.98. The molecule has 0 aromatic heterocycles. The first-order chi connectivity index (χ1) is 7.00. The zero-order valence-corrected chi connectivity index (χ0v) is 10.7. The summed E-state index contributed by atoms with van der Waals surface area (Å²) in [7, 11) is 4.07. The fourth-order valence-electron chi connectivity index (χ4n) is 1.48. The molecule has 1 aromatic carbocycles. The van der Waals surface area contributed by atoms with Crippen LogP contribution in [0.5, 0.6) is 0 Å². The number of halogens is 2. The van der Waals surface area contributed by atoms with E-state index in [1.807, 2.05) is 32.3 Å². The van der Waals surface area contributed by atoms with E-state index < -0.39 is 0 Å². The first-order valence-electron chi connectivity index (χ1n) is 4.86. The van der Waals surface area contributed by atoms with Crippen LogP contribution in [0.25, 0.3) is 0 Å². The smallest absolute Gasteiger partial charge is 0.0721 e. The molecule has 1 atom stereocenters. The molecule has 0 aliphatic heterocycles. The molecule has 1 unspecified atom stereocenters. The molecule has 1 aromatic rings. The van der Waals surface area contributed by atoms with Crippen molar-refractivity contribution in [3.05, 3.63) is 28.2 Å². The van der Waals surface area contributed by atoms with Gasteiger partial charge in [-0.3, -0.25) is 0 Å². The van der Waals surface area contributed by atoms with Gasteiger partial charge in [-0.15, -0.1) is 0 Å². The third-order valence-corrected chi connectivity index (χ3v) is 2.62. The minimum absolute atomic E-state index is 0.303. The normalized spacial score (nSPS) is 12.9. The summed E-state index contributed by atoms with van der Waals surface area (Å²) in [5, 5.41) is 4.62. The van der Waals surface area contributed by atoms with Crippen LogP contribution in [0.2, 0.25) is 10.0 Å². The zero-order chi connectivity index (χ0) is 11.4. The average Bonchev–Trinajstić information content (AvgIpc) is 2.10. The molecule has 0 saturated heterocycles. The number of hydrogen-bond donors (Lipinski definition) is 1. The molecule has 2 nitrogen and oxygen atoms in total. The van der Waals surface area contributed by atoms with Crippen LogP contribution in [0.1, 0.15) is 6.92 Å². The highest BCUT2D eigenvalue weighted by Crippen LogP contribution is 2.30. The number of nitrogens with zero attached hydrogens (tertiary/aromatic N) is 1. The maximum atomic E-state index is 6.05. The molecule has 15 heavy (non-hydrogen) atoms. The molecule has 0 bridgehead atoms. The molecule has 4 heteroatoms. The van der Waals surface area contributed by atoms with Gasteiger partial charge < -0.3 is 10.2 Å². The molecule has 0 radical (unpaired) electrons. The zero-order valence-electron chi connectivity index (χ0n) is 9.22. The van der Waals surface area contributed by atoms with Gasteiger partial charge in [-0.1, -0.05) is 29.3 Å². The largest absolute Gasteiger partial charge is 0.379 e. The number of benzene rings is 1. The molecule has 0 aliphatic carbocycles. The van der Waals surface area contributed by atoms with Crippen molar-refractivity contribution in [1.82, 2.24) is 4.90 Å². The summed E-state index contributed by atoms with van der Waals surface area (Å²) >= 11 is 12.1. The SMILES string of the molecule is CC(CN(C)C)Nc1c(Cl)cccc1Cl. The van der Waals surface area contributed by atoms with Crippen molar-refractivity contribution in [2.75, 3.05) is 26.0 Å². The average molecular weight is 247 g/mol. The quantitative estimate of drug-likeness (QED) is 0.877. The summed E-state index contributed by atoms with van der Waals surface area (Å²) < 4.78 is 0. The molecule has 1 rings (SSSR count). The molecular weight excluding hydrogens is 231 g/mol. The van der Waals surface area contributed by atoms with Crippen LogP contribution in [0.4, 0.5) is 5.69 Å². The number of para-hydroxylation sites is 1. The van der Waals surface area contributed by atoms with Crippen LogP contribution in [-0.2, 0) is 0 Å². The number of rotatable bonds is 4. The lowest BCUT2D eigenvalue weighted by molar-refractivity contribution is 0.392. The van der Waals surface area contributed by atoms with E-state index in [1.54, 1.807) is 0 Å². The lowest BCUT2D eigenvalue weighted by Gasteiger charge is -2.20. The Morgan fingerprint density at radius 2 is 1.80 bits per heavy atom. The molecule has 0 spiro atoms. The Morgan fingerprint density at radius 1 is 1.27 bits per heavy atom. The summed E-state index contributed by atoms with van der Waals surface area (Å²) in [5.41, 5.74) is 0.815. The fraction of sp³-hybridized carbons (Fsp3) is 0.455. The minimum atomic E-state index is 0.303. The molecule has 1 N–H and O–H groups in total. The van der Waals surface area contributed by atoms with Gasteiger partial charge in [0.1, 0.15) is 0 Å². The van der Waals surface area contributed by atoms with Crippen LogP contribution in [0, 0.1) is 0 Å². The van der Waals surface area contributed by atoms with Gasteiger partial charge in [0.2, 0.25) is 0 Å². The van der Waals surface area contributed by atoms with E-state index in [9.17, 15) is 0 Å². The van der Waals surface area contributed by atoms with E-state index in [4.69, 9.17) is 23.2 Å². The van der Waals surface area contributed by atoms with Crippen LogP contribution in [0.15, 0.2) is 18.2 Å². The van der Waals surface area contributed by atoms with Crippen molar-refractivity contribution >= 4 is 28.9 Å². The van der Waals surface area contributed by atoms with Crippen molar-refractivity contribution in [2.24, 2.45) is 0 Å². The summed E-state index contributed by atoms with van der Waals surface area (Å²) in [6, 6.07) is 5.81. The predicted octanol–water partition coefficient (Wildman–Crippen LogP) is 3.36. The number of anilines is 1. The third kappa shape index (κ3) is 3.90. The minimum Gasteiger partial charge on any atom is -0.379 e. The van der Waals surface area contributed by atoms with Crippen molar-refractivity contribution in [1.29, 1.82) is 0 Å². The van der Waals surface area contributed by atoms with Gasteiger partial charge >= 0.3 is 0 Å². The van der Waals surface area contributed by atoms with Gasteiger partial charge in [-0.2, -0.15) is 0 Å². The first kappa shape index (κ1) is 12.6. The van der Waals surface area contributed by atoms with Crippen LogP contribution >= 0.6 is 23.2 Å². The Kier molecular flexibility index (Phi) is 4.71. The van der Waals surface area contributed by atoms with Gasteiger partial charge in [-0.25, -0.2) is 0 Å². The molecule has 0 aliphatic rings. The topological polar surface area (TPSA) is 15.3 Å². The number of likely N-dealkylation sites (N-methyl/N-ethyl adjacent to an activating group) is 1. The molecule has 0 fully saturated rings. The third-order valence-electron chi connectivity index (χ3n) is 1.99. The number of nitrogens with one attached hydrogen (secondary N) is 1. The highest BCUT2D eigenvalue weighted by Gasteiger charge is 2.09. The van der Waals surface area contributed by atoms with Crippen molar-refractivity contribution in [3.8, 4) is 0 Å². The van der Waals surface area contributed by atoms with E-state index in [-0.39, 0.29) is 0 Å².